The highest BCUT2D eigenvalue weighted by atomic mass is 16.2. The van der Waals surface area contributed by atoms with Gasteiger partial charge in [0, 0.05) is 24.0 Å². The molecule has 0 radical (unpaired) electrons. The van der Waals surface area contributed by atoms with Crippen molar-refractivity contribution in [3.63, 3.8) is 0 Å². The van der Waals surface area contributed by atoms with Gasteiger partial charge in [-0.05, 0) is 43.2 Å². The molecule has 3 amide bonds. The molecule has 4 rings (SSSR count). The molecule has 2 aromatic carbocycles. The summed E-state index contributed by atoms with van der Waals surface area (Å²) in [6.45, 7) is 5.17. The van der Waals surface area contributed by atoms with Gasteiger partial charge in [-0.1, -0.05) is 42.5 Å². The van der Waals surface area contributed by atoms with Gasteiger partial charge in [-0.2, -0.15) is 0 Å². The van der Waals surface area contributed by atoms with E-state index in [2.05, 4.69) is 5.32 Å². The number of urea groups is 1. The minimum atomic E-state index is -1.22. The average Bonchev–Trinajstić information content (AvgIpc) is 3.09. The molecule has 148 valence electrons. The second-order valence-corrected chi connectivity index (χ2v) is 7.74. The Kier molecular flexibility index (Phi) is 4.30. The van der Waals surface area contributed by atoms with Crippen LogP contribution in [0, 0.1) is 13.8 Å². The Labute approximate surface area is 169 Å². The second kappa shape index (κ2) is 6.58. The molecule has 29 heavy (non-hydrogen) atoms. The van der Waals surface area contributed by atoms with Gasteiger partial charge in [-0.3, -0.25) is 14.5 Å². The largest absolute Gasteiger partial charge is 0.351 e. The number of benzene rings is 2. The molecule has 1 N–H and O–H groups in total. The van der Waals surface area contributed by atoms with E-state index in [1.165, 1.54) is 0 Å². The van der Waals surface area contributed by atoms with E-state index in [0.29, 0.717) is 5.56 Å². The average molecular weight is 389 g/mol. The number of carbonyl (C=O) groups is 3. The topological polar surface area (TPSA) is 71.4 Å². The molecule has 2 heterocycles. The zero-order chi connectivity index (χ0) is 20.9. The van der Waals surface area contributed by atoms with Crippen LogP contribution < -0.4 is 5.32 Å². The highest BCUT2D eigenvalue weighted by Crippen LogP contribution is 2.34. The van der Waals surface area contributed by atoms with Crippen molar-refractivity contribution in [2.24, 2.45) is 7.05 Å². The van der Waals surface area contributed by atoms with E-state index in [9.17, 15) is 14.4 Å². The summed E-state index contributed by atoms with van der Waals surface area (Å²) in [5.74, 6) is -0.672. The molecule has 0 spiro atoms. The minimum Gasteiger partial charge on any atom is -0.351 e. The summed E-state index contributed by atoms with van der Waals surface area (Å²) in [6.07, 6.45) is 0. The van der Waals surface area contributed by atoms with Crippen LogP contribution in [0.25, 0.3) is 10.8 Å². The first-order chi connectivity index (χ1) is 13.7. The van der Waals surface area contributed by atoms with Gasteiger partial charge in [-0.15, -0.1) is 0 Å². The number of hydrogen-bond acceptors (Lipinski definition) is 3. The third-order valence-corrected chi connectivity index (χ3v) is 5.98. The normalized spacial score (nSPS) is 19.1. The fourth-order valence-corrected chi connectivity index (χ4v) is 4.05. The molecule has 1 aliphatic heterocycles. The fourth-order valence-electron chi connectivity index (χ4n) is 4.05. The van der Waals surface area contributed by atoms with Gasteiger partial charge in [0.05, 0.1) is 6.54 Å². The molecule has 6 heteroatoms. The number of fused-ring (bicyclic) bond motifs is 1. The number of carbonyl (C=O) groups excluding carboxylic acids is 3. The number of ketones is 1. The maximum absolute atomic E-state index is 13.3. The Hall–Kier alpha value is -3.41. The molecule has 6 nitrogen and oxygen atoms in total. The Morgan fingerprint density at radius 3 is 2.45 bits per heavy atom. The molecular formula is C23H23N3O3. The van der Waals surface area contributed by atoms with Gasteiger partial charge in [0.15, 0.2) is 5.78 Å². The third-order valence-electron chi connectivity index (χ3n) is 5.98. The molecule has 0 unspecified atom stereocenters. The number of nitrogens with zero attached hydrogens (tertiary/aromatic N) is 2. The summed E-state index contributed by atoms with van der Waals surface area (Å²) < 4.78 is 1.92. The first kappa shape index (κ1) is 18.9. The van der Waals surface area contributed by atoms with E-state index in [1.807, 2.05) is 67.9 Å². The van der Waals surface area contributed by atoms with Gasteiger partial charge in [0.25, 0.3) is 5.91 Å². The van der Waals surface area contributed by atoms with Gasteiger partial charge in [0.2, 0.25) is 0 Å². The molecule has 1 atom stereocenters. The van der Waals surface area contributed by atoms with E-state index >= 15 is 0 Å². The van der Waals surface area contributed by atoms with Crippen LogP contribution in [0.15, 0.2) is 48.5 Å². The molecular weight excluding hydrogens is 366 g/mol. The molecule has 3 aromatic rings. The van der Waals surface area contributed by atoms with Crippen LogP contribution >= 0.6 is 0 Å². The quantitative estimate of drug-likeness (QED) is 0.549. The molecule has 0 saturated carbocycles. The van der Waals surface area contributed by atoms with Gasteiger partial charge in [0.1, 0.15) is 5.54 Å². The summed E-state index contributed by atoms with van der Waals surface area (Å²) in [6, 6.07) is 14.6. The van der Waals surface area contributed by atoms with Crippen LogP contribution in [0.1, 0.15) is 34.2 Å². The predicted octanol–water partition coefficient (Wildman–Crippen LogP) is 3.45. The number of nitrogens with one attached hydrogen (secondary N) is 1. The molecule has 1 aromatic heterocycles. The van der Waals surface area contributed by atoms with E-state index in [0.717, 1.165) is 32.6 Å². The smallest absolute Gasteiger partial charge is 0.325 e. The maximum Gasteiger partial charge on any atom is 0.325 e. The van der Waals surface area contributed by atoms with E-state index in [4.69, 9.17) is 0 Å². The summed E-state index contributed by atoms with van der Waals surface area (Å²) in [5.41, 5.74) is 1.79. The maximum atomic E-state index is 13.3. The van der Waals surface area contributed by atoms with Gasteiger partial charge < -0.3 is 9.88 Å². The molecule has 1 saturated heterocycles. The van der Waals surface area contributed by atoms with Crippen molar-refractivity contribution < 1.29 is 14.4 Å². The third kappa shape index (κ3) is 2.83. The number of Topliss-reactive ketones (excluding diaryl/α,β-unsaturated/α-hetero) is 1. The van der Waals surface area contributed by atoms with Crippen LogP contribution in [-0.4, -0.2) is 33.7 Å². The Bertz CT molecular complexity index is 1170. The number of rotatable bonds is 4. The van der Waals surface area contributed by atoms with Crippen molar-refractivity contribution in [1.82, 2.24) is 14.8 Å². The zero-order valence-corrected chi connectivity index (χ0v) is 16.9. The molecule has 0 aliphatic carbocycles. The molecule has 1 fully saturated rings. The van der Waals surface area contributed by atoms with Crippen LogP contribution in [-0.2, 0) is 17.4 Å². The summed E-state index contributed by atoms with van der Waals surface area (Å²) in [7, 11) is 1.88. The SMILES string of the molecule is Cc1cc(C(=O)CN2C(=O)N[C@@](C)(c3cccc4ccccc34)C2=O)c(C)n1C. The van der Waals surface area contributed by atoms with E-state index in [1.54, 1.807) is 13.0 Å². The lowest BCUT2D eigenvalue weighted by Crippen LogP contribution is -2.41. The number of aryl methyl sites for hydroxylation is 1. The Balaban J connectivity index is 1.68. The predicted molar refractivity (Wildman–Crippen MR) is 111 cm³/mol. The highest BCUT2D eigenvalue weighted by Gasteiger charge is 2.50. The monoisotopic (exact) mass is 389 g/mol. The fraction of sp³-hybridized carbons (Fsp3) is 0.261. The second-order valence-electron chi connectivity index (χ2n) is 7.74. The lowest BCUT2D eigenvalue weighted by molar-refractivity contribution is -0.130. The number of aromatic nitrogens is 1. The molecule has 1 aliphatic rings. The number of imide groups is 1. The van der Waals surface area contributed by atoms with Crippen molar-refractivity contribution in [1.29, 1.82) is 0 Å². The zero-order valence-electron chi connectivity index (χ0n) is 16.9. The number of hydrogen-bond donors (Lipinski definition) is 1. The van der Waals surface area contributed by atoms with Crippen molar-refractivity contribution in [2.45, 2.75) is 26.3 Å². The van der Waals surface area contributed by atoms with Gasteiger partial charge >= 0.3 is 6.03 Å². The van der Waals surface area contributed by atoms with E-state index < -0.39 is 17.5 Å². The van der Waals surface area contributed by atoms with Crippen LogP contribution in [0.3, 0.4) is 0 Å². The van der Waals surface area contributed by atoms with E-state index in [-0.39, 0.29) is 12.3 Å². The lowest BCUT2D eigenvalue weighted by atomic mass is 9.88. The van der Waals surface area contributed by atoms with Crippen LogP contribution in [0.4, 0.5) is 4.79 Å². The van der Waals surface area contributed by atoms with Crippen molar-refractivity contribution in [3.8, 4) is 0 Å². The van der Waals surface area contributed by atoms with Crippen molar-refractivity contribution in [2.75, 3.05) is 6.54 Å². The molecule has 0 bridgehead atoms. The standard InChI is InChI=1S/C23H23N3O3/c1-14-12-18(15(2)25(14)4)20(27)13-26-21(28)23(3,24-22(26)29)19-11-7-9-16-8-5-6-10-17(16)19/h5-12H,13H2,1-4H3,(H,24,29)/t23-/m0/s1. The lowest BCUT2D eigenvalue weighted by Gasteiger charge is -2.24. The summed E-state index contributed by atoms with van der Waals surface area (Å²) >= 11 is 0. The minimum absolute atomic E-state index is 0.253. The summed E-state index contributed by atoms with van der Waals surface area (Å²) in [4.78, 5) is 39.8. The van der Waals surface area contributed by atoms with Crippen LogP contribution in [0.2, 0.25) is 0 Å². The highest BCUT2D eigenvalue weighted by molar-refractivity contribution is 6.12. The van der Waals surface area contributed by atoms with Crippen molar-refractivity contribution in [3.05, 3.63) is 71.0 Å². The number of amides is 3. The van der Waals surface area contributed by atoms with Gasteiger partial charge in [-0.25, -0.2) is 4.79 Å². The van der Waals surface area contributed by atoms with Crippen LogP contribution in [0.5, 0.6) is 0 Å². The first-order valence-corrected chi connectivity index (χ1v) is 9.52. The first-order valence-electron chi connectivity index (χ1n) is 9.52. The Morgan fingerprint density at radius 2 is 1.76 bits per heavy atom. The Morgan fingerprint density at radius 1 is 1.07 bits per heavy atom. The summed E-state index contributed by atoms with van der Waals surface area (Å²) in [5, 5.41) is 4.69. The van der Waals surface area contributed by atoms with Crippen molar-refractivity contribution >= 4 is 28.5 Å².